The SMILES string of the molecule is Cc1cnc(C(=O)Nc2cccc(C)c2C)o1. The Balaban J connectivity index is 2.21. The van der Waals surface area contributed by atoms with E-state index in [9.17, 15) is 4.79 Å². The molecular weight excluding hydrogens is 216 g/mol. The lowest BCUT2D eigenvalue weighted by Gasteiger charge is -2.08. The van der Waals surface area contributed by atoms with E-state index < -0.39 is 0 Å². The van der Waals surface area contributed by atoms with Crippen molar-refractivity contribution in [2.75, 3.05) is 5.32 Å². The van der Waals surface area contributed by atoms with Crippen molar-refractivity contribution in [3.63, 3.8) is 0 Å². The van der Waals surface area contributed by atoms with Gasteiger partial charge < -0.3 is 9.73 Å². The number of carbonyl (C=O) groups excluding carboxylic acids is 1. The third-order valence-corrected chi connectivity index (χ3v) is 2.67. The maximum atomic E-state index is 11.8. The van der Waals surface area contributed by atoms with Crippen molar-refractivity contribution in [1.29, 1.82) is 0 Å². The van der Waals surface area contributed by atoms with Gasteiger partial charge in [0.25, 0.3) is 5.89 Å². The molecule has 1 N–H and O–H groups in total. The summed E-state index contributed by atoms with van der Waals surface area (Å²) in [7, 11) is 0. The number of carbonyl (C=O) groups is 1. The van der Waals surface area contributed by atoms with Crippen LogP contribution in [-0.4, -0.2) is 10.9 Å². The van der Waals surface area contributed by atoms with Gasteiger partial charge in [-0.15, -0.1) is 0 Å². The Hall–Kier alpha value is -2.10. The lowest BCUT2D eigenvalue weighted by atomic mass is 10.1. The van der Waals surface area contributed by atoms with Crippen molar-refractivity contribution in [3.8, 4) is 0 Å². The van der Waals surface area contributed by atoms with Gasteiger partial charge in [0.1, 0.15) is 5.76 Å². The lowest BCUT2D eigenvalue weighted by Crippen LogP contribution is -2.13. The smallest absolute Gasteiger partial charge is 0.311 e. The van der Waals surface area contributed by atoms with Gasteiger partial charge in [-0.3, -0.25) is 4.79 Å². The first kappa shape index (κ1) is 11.4. The number of nitrogens with zero attached hydrogens (tertiary/aromatic N) is 1. The van der Waals surface area contributed by atoms with E-state index in [2.05, 4.69) is 10.3 Å². The summed E-state index contributed by atoms with van der Waals surface area (Å²) in [4.78, 5) is 15.7. The average molecular weight is 230 g/mol. The minimum Gasteiger partial charge on any atom is -0.438 e. The molecule has 2 aromatic rings. The van der Waals surface area contributed by atoms with Crippen molar-refractivity contribution in [3.05, 3.63) is 47.2 Å². The molecule has 1 amide bonds. The zero-order valence-electron chi connectivity index (χ0n) is 10.1. The minimum absolute atomic E-state index is 0.0865. The second kappa shape index (κ2) is 4.41. The predicted molar refractivity (Wildman–Crippen MR) is 65.1 cm³/mol. The molecule has 0 aliphatic carbocycles. The number of hydrogen-bond donors (Lipinski definition) is 1. The van der Waals surface area contributed by atoms with E-state index in [1.54, 1.807) is 6.92 Å². The molecule has 0 unspecified atom stereocenters. The third kappa shape index (κ3) is 2.36. The summed E-state index contributed by atoms with van der Waals surface area (Å²) < 4.78 is 5.16. The monoisotopic (exact) mass is 230 g/mol. The van der Waals surface area contributed by atoms with Gasteiger partial charge in [-0.25, -0.2) is 4.98 Å². The summed E-state index contributed by atoms with van der Waals surface area (Å²) >= 11 is 0. The van der Waals surface area contributed by atoms with Crippen LogP contribution >= 0.6 is 0 Å². The summed E-state index contributed by atoms with van der Waals surface area (Å²) in [5.41, 5.74) is 2.96. The van der Waals surface area contributed by atoms with Crippen LogP contribution in [0, 0.1) is 20.8 Å². The normalized spacial score (nSPS) is 10.3. The van der Waals surface area contributed by atoms with Gasteiger partial charge in [-0.1, -0.05) is 12.1 Å². The second-order valence-corrected chi connectivity index (χ2v) is 3.98. The Morgan fingerprint density at radius 2 is 2.06 bits per heavy atom. The van der Waals surface area contributed by atoms with Crippen LogP contribution in [-0.2, 0) is 0 Å². The van der Waals surface area contributed by atoms with Gasteiger partial charge >= 0.3 is 5.91 Å². The van der Waals surface area contributed by atoms with Gasteiger partial charge in [0, 0.05) is 5.69 Å². The van der Waals surface area contributed by atoms with Crippen LogP contribution in [0.2, 0.25) is 0 Å². The van der Waals surface area contributed by atoms with Gasteiger partial charge in [0.2, 0.25) is 0 Å². The van der Waals surface area contributed by atoms with Crippen LogP contribution in [0.3, 0.4) is 0 Å². The van der Waals surface area contributed by atoms with Crippen LogP contribution in [0.1, 0.15) is 27.6 Å². The molecule has 4 heteroatoms. The van der Waals surface area contributed by atoms with Gasteiger partial charge in [-0.2, -0.15) is 0 Å². The zero-order chi connectivity index (χ0) is 12.4. The van der Waals surface area contributed by atoms with Crippen molar-refractivity contribution in [1.82, 2.24) is 4.98 Å². The Kier molecular flexibility index (Phi) is 2.95. The quantitative estimate of drug-likeness (QED) is 0.863. The molecule has 88 valence electrons. The van der Waals surface area contributed by atoms with E-state index >= 15 is 0 Å². The average Bonchev–Trinajstić information content (AvgIpc) is 2.72. The third-order valence-electron chi connectivity index (χ3n) is 2.67. The number of oxazole rings is 1. The number of anilines is 1. The zero-order valence-corrected chi connectivity index (χ0v) is 10.1. The predicted octanol–water partition coefficient (Wildman–Crippen LogP) is 2.85. The highest BCUT2D eigenvalue weighted by Crippen LogP contribution is 2.18. The second-order valence-electron chi connectivity index (χ2n) is 3.98. The molecule has 2 rings (SSSR count). The first-order valence-electron chi connectivity index (χ1n) is 5.38. The first-order valence-corrected chi connectivity index (χ1v) is 5.38. The molecule has 4 nitrogen and oxygen atoms in total. The number of nitrogens with one attached hydrogen (secondary N) is 1. The van der Waals surface area contributed by atoms with E-state index in [1.165, 1.54) is 6.20 Å². The molecular formula is C13H14N2O2. The Morgan fingerprint density at radius 3 is 2.71 bits per heavy atom. The number of aryl methyl sites for hydroxylation is 2. The maximum Gasteiger partial charge on any atom is 0.311 e. The fraction of sp³-hybridized carbons (Fsp3) is 0.231. The molecule has 0 saturated heterocycles. The molecule has 0 bridgehead atoms. The number of rotatable bonds is 2. The molecule has 0 aliphatic heterocycles. The Bertz CT molecular complexity index is 558. The molecule has 1 aromatic heterocycles. The number of benzene rings is 1. The minimum atomic E-state index is -0.327. The first-order chi connectivity index (χ1) is 8.08. The standard InChI is InChI=1S/C13H14N2O2/c1-8-5-4-6-11(10(8)3)15-12(16)13-14-7-9(2)17-13/h4-7H,1-3H3,(H,15,16). The summed E-state index contributed by atoms with van der Waals surface area (Å²) in [6.07, 6.45) is 1.53. The Labute approximate surface area is 99.7 Å². The lowest BCUT2D eigenvalue weighted by molar-refractivity contribution is 0.0989. The highest BCUT2D eigenvalue weighted by Gasteiger charge is 2.13. The van der Waals surface area contributed by atoms with Crippen LogP contribution in [0.5, 0.6) is 0 Å². The van der Waals surface area contributed by atoms with Crippen LogP contribution in [0.15, 0.2) is 28.8 Å². The number of amides is 1. The number of hydrogen-bond acceptors (Lipinski definition) is 3. The largest absolute Gasteiger partial charge is 0.438 e. The summed E-state index contributed by atoms with van der Waals surface area (Å²) in [5.74, 6) is 0.381. The fourth-order valence-corrected chi connectivity index (χ4v) is 1.52. The van der Waals surface area contributed by atoms with E-state index in [4.69, 9.17) is 4.42 Å². The summed E-state index contributed by atoms with van der Waals surface area (Å²) in [6.45, 7) is 5.72. The molecule has 0 aliphatic rings. The summed E-state index contributed by atoms with van der Waals surface area (Å²) in [6, 6.07) is 5.76. The Morgan fingerprint density at radius 1 is 1.29 bits per heavy atom. The fourth-order valence-electron chi connectivity index (χ4n) is 1.52. The number of aromatic nitrogens is 1. The van der Waals surface area contributed by atoms with Gasteiger partial charge in [0.15, 0.2) is 0 Å². The van der Waals surface area contributed by atoms with Crippen molar-refractivity contribution in [2.24, 2.45) is 0 Å². The van der Waals surface area contributed by atoms with E-state index in [0.29, 0.717) is 5.76 Å². The van der Waals surface area contributed by atoms with Crippen molar-refractivity contribution < 1.29 is 9.21 Å². The van der Waals surface area contributed by atoms with Crippen LogP contribution < -0.4 is 5.32 Å². The molecule has 0 atom stereocenters. The van der Waals surface area contributed by atoms with Crippen molar-refractivity contribution >= 4 is 11.6 Å². The van der Waals surface area contributed by atoms with Crippen LogP contribution in [0.25, 0.3) is 0 Å². The molecule has 1 aromatic carbocycles. The van der Waals surface area contributed by atoms with E-state index in [0.717, 1.165) is 16.8 Å². The maximum absolute atomic E-state index is 11.8. The molecule has 1 heterocycles. The molecule has 0 saturated carbocycles. The molecule has 0 radical (unpaired) electrons. The van der Waals surface area contributed by atoms with E-state index in [-0.39, 0.29) is 11.8 Å². The molecule has 0 spiro atoms. The van der Waals surface area contributed by atoms with Gasteiger partial charge in [0.05, 0.1) is 6.20 Å². The van der Waals surface area contributed by atoms with Gasteiger partial charge in [-0.05, 0) is 38.0 Å². The van der Waals surface area contributed by atoms with E-state index in [1.807, 2.05) is 32.0 Å². The highest BCUT2D eigenvalue weighted by atomic mass is 16.4. The summed E-state index contributed by atoms with van der Waals surface area (Å²) in [5, 5.41) is 2.79. The van der Waals surface area contributed by atoms with Crippen molar-refractivity contribution in [2.45, 2.75) is 20.8 Å². The topological polar surface area (TPSA) is 55.1 Å². The molecule has 0 fully saturated rings. The molecule has 17 heavy (non-hydrogen) atoms. The highest BCUT2D eigenvalue weighted by molar-refractivity contribution is 6.01. The van der Waals surface area contributed by atoms with Crippen LogP contribution in [0.4, 0.5) is 5.69 Å².